The number of ether oxygens (including phenoxy) is 2. The van der Waals surface area contributed by atoms with Gasteiger partial charge in [-0.25, -0.2) is 18.4 Å². The van der Waals surface area contributed by atoms with E-state index in [-0.39, 0.29) is 22.6 Å². The summed E-state index contributed by atoms with van der Waals surface area (Å²) in [7, 11) is -3.44. The number of carbonyl (C=O) groups is 1. The van der Waals surface area contributed by atoms with Crippen molar-refractivity contribution in [2.24, 2.45) is 5.92 Å². The fourth-order valence-corrected chi connectivity index (χ4v) is 5.07. The van der Waals surface area contributed by atoms with Crippen LogP contribution in [0.5, 0.6) is 0 Å². The number of aromatic nitrogens is 2. The van der Waals surface area contributed by atoms with Gasteiger partial charge in [0.15, 0.2) is 9.84 Å². The van der Waals surface area contributed by atoms with Crippen LogP contribution in [0.15, 0.2) is 11.1 Å². The van der Waals surface area contributed by atoms with Crippen LogP contribution in [-0.4, -0.2) is 88.1 Å². The van der Waals surface area contributed by atoms with Crippen LogP contribution in [0.1, 0.15) is 30.9 Å². The van der Waals surface area contributed by atoms with Crippen LogP contribution in [0.4, 0.5) is 5.95 Å². The average molecular weight is 425 g/mol. The maximum atomic E-state index is 12.6. The molecule has 3 aliphatic rings. The molecule has 0 aromatic carbocycles. The molecule has 0 bridgehead atoms. The lowest BCUT2D eigenvalue weighted by Gasteiger charge is -2.34. The van der Waals surface area contributed by atoms with Gasteiger partial charge >= 0.3 is 0 Å². The van der Waals surface area contributed by atoms with Crippen molar-refractivity contribution in [3.8, 4) is 0 Å². The zero-order valence-corrected chi connectivity index (χ0v) is 17.6. The Kier molecular flexibility index (Phi) is 6.03. The molecule has 0 radical (unpaired) electrons. The number of amides is 1. The van der Waals surface area contributed by atoms with Gasteiger partial charge in [-0.15, -0.1) is 0 Å². The van der Waals surface area contributed by atoms with E-state index in [0.29, 0.717) is 77.1 Å². The Morgan fingerprint density at radius 2 is 1.79 bits per heavy atom. The molecule has 1 aromatic rings. The minimum Gasteiger partial charge on any atom is -0.381 e. The molecule has 4 heterocycles. The zero-order chi connectivity index (χ0) is 20.4. The number of hydrogen-bond donors (Lipinski definition) is 0. The van der Waals surface area contributed by atoms with Gasteiger partial charge in [-0.3, -0.25) is 4.79 Å². The van der Waals surface area contributed by atoms with Crippen molar-refractivity contribution in [1.29, 1.82) is 0 Å². The van der Waals surface area contributed by atoms with Crippen molar-refractivity contribution in [2.45, 2.75) is 30.1 Å². The summed E-state index contributed by atoms with van der Waals surface area (Å²) in [5.41, 5.74) is 0.584. The van der Waals surface area contributed by atoms with Crippen molar-refractivity contribution in [3.63, 3.8) is 0 Å². The summed E-state index contributed by atoms with van der Waals surface area (Å²) in [6.07, 6.45) is 4.81. The fraction of sp³-hybridized carbons (Fsp3) is 0.737. The van der Waals surface area contributed by atoms with Gasteiger partial charge in [-0.05, 0) is 19.3 Å². The Bertz CT molecular complexity index is 842. The molecule has 0 aliphatic carbocycles. The molecular weight excluding hydrogens is 396 g/mol. The van der Waals surface area contributed by atoms with Gasteiger partial charge in [0, 0.05) is 45.0 Å². The highest BCUT2D eigenvalue weighted by Crippen LogP contribution is 2.33. The monoisotopic (exact) mass is 424 g/mol. The number of likely N-dealkylation sites (tertiary alicyclic amines) is 1. The molecule has 0 spiro atoms. The molecule has 1 amide bonds. The van der Waals surface area contributed by atoms with Crippen molar-refractivity contribution < 1.29 is 22.7 Å². The molecule has 0 unspecified atom stereocenters. The summed E-state index contributed by atoms with van der Waals surface area (Å²) in [6, 6.07) is 0. The van der Waals surface area contributed by atoms with Crippen LogP contribution in [0, 0.1) is 5.92 Å². The van der Waals surface area contributed by atoms with Gasteiger partial charge in [0.25, 0.3) is 0 Å². The van der Waals surface area contributed by atoms with Crippen LogP contribution in [0.2, 0.25) is 0 Å². The lowest BCUT2D eigenvalue weighted by atomic mass is 9.92. The number of sulfone groups is 1. The second-order valence-corrected chi connectivity index (χ2v) is 9.94. The predicted molar refractivity (Wildman–Crippen MR) is 106 cm³/mol. The molecule has 1 aromatic heterocycles. The average Bonchev–Trinajstić information content (AvgIpc) is 3.28. The second kappa shape index (κ2) is 8.53. The number of morpholine rings is 1. The van der Waals surface area contributed by atoms with Crippen molar-refractivity contribution in [2.75, 3.05) is 63.8 Å². The van der Waals surface area contributed by atoms with E-state index >= 15 is 0 Å². The molecule has 0 saturated carbocycles. The van der Waals surface area contributed by atoms with Crippen LogP contribution in [0.25, 0.3) is 0 Å². The summed E-state index contributed by atoms with van der Waals surface area (Å²) < 4.78 is 35.4. The Balaban J connectivity index is 1.52. The number of hydrogen-bond acceptors (Lipinski definition) is 8. The predicted octanol–water partition coefficient (Wildman–Crippen LogP) is 0.459. The maximum Gasteiger partial charge on any atom is 0.228 e. The van der Waals surface area contributed by atoms with E-state index in [1.54, 1.807) is 0 Å². The van der Waals surface area contributed by atoms with Gasteiger partial charge in [0.2, 0.25) is 11.9 Å². The van der Waals surface area contributed by atoms with E-state index in [1.807, 2.05) is 9.80 Å². The number of anilines is 1. The van der Waals surface area contributed by atoms with Crippen LogP contribution in [-0.2, 0) is 24.1 Å². The molecule has 0 N–H and O–H groups in total. The van der Waals surface area contributed by atoms with Gasteiger partial charge in [0.1, 0.15) is 4.90 Å². The first-order valence-corrected chi connectivity index (χ1v) is 12.1. The van der Waals surface area contributed by atoms with Crippen LogP contribution >= 0.6 is 0 Å². The number of piperidine rings is 1. The first-order chi connectivity index (χ1) is 13.9. The van der Waals surface area contributed by atoms with Gasteiger partial charge < -0.3 is 19.3 Å². The summed E-state index contributed by atoms with van der Waals surface area (Å²) >= 11 is 0. The Hall–Kier alpha value is -1.78. The summed E-state index contributed by atoms with van der Waals surface area (Å²) in [5, 5.41) is 0. The van der Waals surface area contributed by atoms with Crippen molar-refractivity contribution in [3.05, 3.63) is 11.9 Å². The minimum absolute atomic E-state index is 0.00797. The molecule has 29 heavy (non-hydrogen) atoms. The normalized spacial score (nSPS) is 24.1. The SMILES string of the molecule is CS(=O)(=O)c1cnc(N2CCOCC2)nc1C1CCN(C(=O)[C@H]2CCOC2)CC1. The van der Waals surface area contributed by atoms with E-state index in [0.717, 1.165) is 6.42 Å². The first kappa shape index (κ1) is 20.5. The van der Waals surface area contributed by atoms with Gasteiger partial charge in [0.05, 0.1) is 37.6 Å². The van der Waals surface area contributed by atoms with Crippen molar-refractivity contribution >= 4 is 21.7 Å². The fourth-order valence-electron chi connectivity index (χ4n) is 4.23. The topological polar surface area (TPSA) is 102 Å². The second-order valence-electron chi connectivity index (χ2n) is 7.95. The Morgan fingerprint density at radius 1 is 1.07 bits per heavy atom. The molecule has 3 aliphatic heterocycles. The highest BCUT2D eigenvalue weighted by Gasteiger charge is 2.33. The molecule has 1 atom stereocenters. The Morgan fingerprint density at radius 3 is 2.41 bits per heavy atom. The third-order valence-electron chi connectivity index (χ3n) is 5.94. The highest BCUT2D eigenvalue weighted by molar-refractivity contribution is 7.90. The standard InChI is InChI=1S/C19H28N4O5S/c1-29(25,26)16-12-20-19(23-7-10-27-11-8-23)21-17(16)14-2-5-22(6-3-14)18(24)15-4-9-28-13-15/h12,14-15H,2-11,13H2,1H3/t15-/m0/s1. The summed E-state index contributed by atoms with van der Waals surface area (Å²) in [5.74, 6) is 0.662. The number of nitrogens with zero attached hydrogens (tertiary/aromatic N) is 4. The molecule has 160 valence electrons. The van der Waals surface area contributed by atoms with Crippen molar-refractivity contribution in [1.82, 2.24) is 14.9 Å². The molecular formula is C19H28N4O5S. The maximum absolute atomic E-state index is 12.6. The zero-order valence-electron chi connectivity index (χ0n) is 16.7. The quantitative estimate of drug-likeness (QED) is 0.687. The smallest absolute Gasteiger partial charge is 0.228 e. The van der Waals surface area contributed by atoms with Gasteiger partial charge in [-0.2, -0.15) is 0 Å². The largest absolute Gasteiger partial charge is 0.381 e. The molecule has 10 heteroatoms. The third kappa shape index (κ3) is 4.54. The summed E-state index contributed by atoms with van der Waals surface area (Å²) in [4.78, 5) is 25.8. The van der Waals surface area contributed by atoms with E-state index in [2.05, 4.69) is 4.98 Å². The molecule has 9 nitrogen and oxygen atoms in total. The lowest BCUT2D eigenvalue weighted by molar-refractivity contribution is -0.136. The number of rotatable bonds is 4. The highest BCUT2D eigenvalue weighted by atomic mass is 32.2. The summed E-state index contributed by atoms with van der Waals surface area (Å²) in [6.45, 7) is 4.97. The Labute approximate surface area is 171 Å². The van der Waals surface area contributed by atoms with Crippen LogP contribution < -0.4 is 4.90 Å². The van der Waals surface area contributed by atoms with E-state index in [1.165, 1.54) is 12.5 Å². The number of carbonyl (C=O) groups excluding carboxylic acids is 1. The molecule has 3 saturated heterocycles. The lowest BCUT2D eigenvalue weighted by Crippen LogP contribution is -2.42. The van der Waals surface area contributed by atoms with E-state index < -0.39 is 9.84 Å². The third-order valence-corrected chi connectivity index (χ3v) is 7.05. The van der Waals surface area contributed by atoms with Crippen LogP contribution in [0.3, 0.4) is 0 Å². The molecule has 3 fully saturated rings. The van der Waals surface area contributed by atoms with E-state index in [9.17, 15) is 13.2 Å². The van der Waals surface area contributed by atoms with Gasteiger partial charge in [-0.1, -0.05) is 0 Å². The first-order valence-electron chi connectivity index (χ1n) is 10.2. The van der Waals surface area contributed by atoms with E-state index in [4.69, 9.17) is 14.5 Å². The minimum atomic E-state index is -3.44. The molecule has 4 rings (SSSR count).